The summed E-state index contributed by atoms with van der Waals surface area (Å²) in [7, 11) is 0. The normalized spacial score (nSPS) is 20.0. The Kier molecular flexibility index (Phi) is 5.47. The van der Waals surface area contributed by atoms with Gasteiger partial charge in [0.1, 0.15) is 5.78 Å². The van der Waals surface area contributed by atoms with E-state index >= 15 is 0 Å². The van der Waals surface area contributed by atoms with Crippen molar-refractivity contribution in [2.45, 2.75) is 65.2 Å². The molecular formula is C14H27NO. The summed E-state index contributed by atoms with van der Waals surface area (Å²) in [4.78, 5) is 12.2. The highest BCUT2D eigenvalue weighted by Gasteiger charge is 2.34. The Labute approximate surface area is 100.0 Å². The summed E-state index contributed by atoms with van der Waals surface area (Å²) in [6, 6.07) is 0. The molecule has 2 heteroatoms. The summed E-state index contributed by atoms with van der Waals surface area (Å²) in [6.45, 7) is 4.92. The molecule has 0 radical (unpaired) electrons. The topological polar surface area (TPSA) is 43.1 Å². The molecule has 1 saturated carbocycles. The van der Waals surface area contributed by atoms with Gasteiger partial charge in [-0.3, -0.25) is 4.79 Å². The van der Waals surface area contributed by atoms with E-state index in [1.165, 1.54) is 19.3 Å². The lowest BCUT2D eigenvalue weighted by molar-refractivity contribution is -0.125. The number of carbonyl (C=O) groups excluding carboxylic acids is 1. The van der Waals surface area contributed by atoms with Gasteiger partial charge < -0.3 is 5.73 Å². The molecule has 1 aliphatic carbocycles. The second-order valence-electron chi connectivity index (χ2n) is 5.42. The summed E-state index contributed by atoms with van der Waals surface area (Å²) in [5, 5.41) is 0. The Balaban J connectivity index is 2.57. The minimum atomic E-state index is 0.151. The van der Waals surface area contributed by atoms with E-state index in [1.54, 1.807) is 0 Å². The van der Waals surface area contributed by atoms with E-state index in [0.29, 0.717) is 12.3 Å². The van der Waals surface area contributed by atoms with Crippen molar-refractivity contribution in [1.82, 2.24) is 0 Å². The van der Waals surface area contributed by atoms with E-state index in [1.807, 2.05) is 0 Å². The van der Waals surface area contributed by atoms with Gasteiger partial charge in [-0.1, -0.05) is 33.1 Å². The van der Waals surface area contributed by atoms with Crippen LogP contribution in [0.15, 0.2) is 0 Å². The van der Waals surface area contributed by atoms with Crippen LogP contribution in [-0.2, 0) is 4.79 Å². The molecule has 2 nitrogen and oxygen atoms in total. The third kappa shape index (κ3) is 3.31. The molecule has 1 rings (SSSR count). The van der Waals surface area contributed by atoms with E-state index in [0.717, 1.165) is 32.1 Å². The van der Waals surface area contributed by atoms with Crippen molar-refractivity contribution >= 4 is 5.78 Å². The summed E-state index contributed by atoms with van der Waals surface area (Å²) < 4.78 is 0. The van der Waals surface area contributed by atoms with Gasteiger partial charge in [0.2, 0.25) is 0 Å². The van der Waals surface area contributed by atoms with E-state index in [-0.39, 0.29) is 11.3 Å². The smallest absolute Gasteiger partial charge is 0.136 e. The maximum atomic E-state index is 12.2. The van der Waals surface area contributed by atoms with Crippen LogP contribution in [0, 0.1) is 11.3 Å². The Morgan fingerprint density at radius 3 is 2.19 bits per heavy atom. The lowest BCUT2D eigenvalue weighted by Gasteiger charge is -2.36. The Hall–Kier alpha value is -0.370. The van der Waals surface area contributed by atoms with E-state index in [9.17, 15) is 4.79 Å². The molecular weight excluding hydrogens is 198 g/mol. The minimum absolute atomic E-state index is 0.151. The van der Waals surface area contributed by atoms with Crippen molar-refractivity contribution in [1.29, 1.82) is 0 Å². The van der Waals surface area contributed by atoms with Gasteiger partial charge in [-0.2, -0.15) is 0 Å². The van der Waals surface area contributed by atoms with E-state index in [2.05, 4.69) is 13.8 Å². The lowest BCUT2D eigenvalue weighted by atomic mass is 9.69. The highest BCUT2D eigenvalue weighted by atomic mass is 16.1. The first-order valence-electron chi connectivity index (χ1n) is 6.90. The van der Waals surface area contributed by atoms with Crippen molar-refractivity contribution in [2.75, 3.05) is 6.54 Å². The number of Topliss-reactive ketones (excluding diaryl/α,β-unsaturated/α-hetero) is 1. The predicted octanol–water partition coefficient (Wildman–Crippen LogP) is 3.29. The number of hydrogen-bond donors (Lipinski definition) is 1. The van der Waals surface area contributed by atoms with Gasteiger partial charge in [-0.15, -0.1) is 0 Å². The number of hydrogen-bond acceptors (Lipinski definition) is 2. The monoisotopic (exact) mass is 225 g/mol. The average molecular weight is 225 g/mol. The summed E-state index contributed by atoms with van der Waals surface area (Å²) in [6.07, 6.45) is 8.86. The molecule has 1 aliphatic rings. The Bertz CT molecular complexity index is 215. The fraction of sp³-hybridized carbons (Fsp3) is 0.929. The molecule has 0 bridgehead atoms. The van der Waals surface area contributed by atoms with Crippen LogP contribution < -0.4 is 5.73 Å². The summed E-state index contributed by atoms with van der Waals surface area (Å²) >= 11 is 0. The maximum absolute atomic E-state index is 12.2. The van der Waals surface area contributed by atoms with E-state index in [4.69, 9.17) is 5.73 Å². The third-order valence-corrected chi connectivity index (χ3v) is 4.34. The lowest BCUT2D eigenvalue weighted by Crippen LogP contribution is -2.36. The number of ketones is 1. The molecule has 0 heterocycles. The number of rotatable bonds is 6. The van der Waals surface area contributed by atoms with E-state index < -0.39 is 0 Å². The molecule has 0 saturated heterocycles. The zero-order valence-corrected chi connectivity index (χ0v) is 10.9. The quantitative estimate of drug-likeness (QED) is 0.753. The molecule has 0 amide bonds. The first-order valence-corrected chi connectivity index (χ1v) is 6.90. The fourth-order valence-corrected chi connectivity index (χ4v) is 3.01. The maximum Gasteiger partial charge on any atom is 0.136 e. The molecule has 0 aliphatic heterocycles. The van der Waals surface area contributed by atoms with Crippen LogP contribution in [0.1, 0.15) is 65.2 Å². The third-order valence-electron chi connectivity index (χ3n) is 4.34. The highest BCUT2D eigenvalue weighted by molar-refractivity contribution is 5.81. The predicted molar refractivity (Wildman–Crippen MR) is 68.3 cm³/mol. The molecule has 0 aromatic heterocycles. The van der Waals surface area contributed by atoms with Crippen LogP contribution in [0.2, 0.25) is 0 Å². The van der Waals surface area contributed by atoms with Gasteiger partial charge in [0.15, 0.2) is 0 Å². The summed E-state index contributed by atoms with van der Waals surface area (Å²) in [5.41, 5.74) is 6.07. The molecule has 0 aromatic rings. The van der Waals surface area contributed by atoms with Crippen molar-refractivity contribution in [3.05, 3.63) is 0 Å². The highest BCUT2D eigenvalue weighted by Crippen LogP contribution is 2.39. The number of nitrogens with two attached hydrogens (primary N) is 1. The van der Waals surface area contributed by atoms with Crippen LogP contribution >= 0.6 is 0 Å². The second kappa shape index (κ2) is 6.39. The van der Waals surface area contributed by atoms with Gasteiger partial charge in [-0.25, -0.2) is 0 Å². The number of carbonyl (C=O) groups is 1. The molecule has 0 atom stereocenters. The minimum Gasteiger partial charge on any atom is -0.330 e. The SMILES string of the molecule is CCC(CC)C(=O)CC1(CN)CCCCC1. The molecule has 0 spiro atoms. The van der Waals surface area contributed by atoms with Crippen molar-refractivity contribution in [3.8, 4) is 0 Å². The van der Waals surface area contributed by atoms with Crippen LogP contribution in [0.4, 0.5) is 0 Å². The van der Waals surface area contributed by atoms with Crippen LogP contribution in [0.3, 0.4) is 0 Å². The molecule has 0 aromatic carbocycles. The summed E-state index contributed by atoms with van der Waals surface area (Å²) in [5.74, 6) is 0.725. The van der Waals surface area contributed by atoms with Gasteiger partial charge in [0, 0.05) is 12.3 Å². The van der Waals surface area contributed by atoms with Gasteiger partial charge in [0.25, 0.3) is 0 Å². The molecule has 2 N–H and O–H groups in total. The molecule has 16 heavy (non-hydrogen) atoms. The average Bonchev–Trinajstić information content (AvgIpc) is 2.32. The standard InChI is InChI=1S/C14H27NO/c1-3-12(4-2)13(16)10-14(11-15)8-6-5-7-9-14/h12H,3-11,15H2,1-2H3. The van der Waals surface area contributed by atoms with Crippen LogP contribution in [-0.4, -0.2) is 12.3 Å². The van der Waals surface area contributed by atoms with Crippen molar-refractivity contribution < 1.29 is 4.79 Å². The first kappa shape index (κ1) is 13.7. The molecule has 0 unspecified atom stereocenters. The van der Waals surface area contributed by atoms with Gasteiger partial charge >= 0.3 is 0 Å². The largest absolute Gasteiger partial charge is 0.330 e. The zero-order chi connectivity index (χ0) is 12.0. The Morgan fingerprint density at radius 2 is 1.75 bits per heavy atom. The van der Waals surface area contributed by atoms with Crippen molar-refractivity contribution in [3.63, 3.8) is 0 Å². The van der Waals surface area contributed by atoms with Crippen LogP contribution in [0.5, 0.6) is 0 Å². The van der Waals surface area contributed by atoms with Gasteiger partial charge in [0.05, 0.1) is 0 Å². The molecule has 94 valence electrons. The zero-order valence-electron chi connectivity index (χ0n) is 10.9. The van der Waals surface area contributed by atoms with Crippen LogP contribution in [0.25, 0.3) is 0 Å². The van der Waals surface area contributed by atoms with Crippen molar-refractivity contribution in [2.24, 2.45) is 17.1 Å². The first-order chi connectivity index (χ1) is 7.67. The second-order valence-corrected chi connectivity index (χ2v) is 5.42. The van der Waals surface area contributed by atoms with Gasteiger partial charge in [-0.05, 0) is 37.6 Å². The molecule has 1 fully saturated rings. The fourth-order valence-electron chi connectivity index (χ4n) is 3.01. The Morgan fingerprint density at radius 1 is 1.19 bits per heavy atom.